The number of ether oxygens (including phenoxy) is 1. The smallest absolute Gasteiger partial charge is 0.352 e. The summed E-state index contributed by atoms with van der Waals surface area (Å²) in [6.45, 7) is 0. The number of carbonyl (C=O) groups excluding carboxylic acids is 1. The van der Waals surface area contributed by atoms with Crippen LogP contribution in [0.2, 0.25) is 0 Å². The summed E-state index contributed by atoms with van der Waals surface area (Å²) in [6, 6.07) is 22.3. The van der Waals surface area contributed by atoms with Crippen molar-refractivity contribution in [2.75, 3.05) is 5.73 Å². The second kappa shape index (κ2) is 8.55. The number of carboxylic acid groups (broad SMARTS) is 1. The van der Waals surface area contributed by atoms with Crippen molar-refractivity contribution in [1.82, 2.24) is 5.32 Å². The van der Waals surface area contributed by atoms with E-state index < -0.39 is 11.9 Å². The van der Waals surface area contributed by atoms with Crippen molar-refractivity contribution in [3.05, 3.63) is 95.7 Å². The van der Waals surface area contributed by atoms with Crippen LogP contribution in [0.4, 0.5) is 5.69 Å². The van der Waals surface area contributed by atoms with Gasteiger partial charge in [-0.15, -0.1) is 0 Å². The molecule has 0 aliphatic heterocycles. The Hall–Kier alpha value is -4.06. The third kappa shape index (κ3) is 4.76. The molecular formula is C22H18N2O4. The van der Waals surface area contributed by atoms with Gasteiger partial charge in [-0.3, -0.25) is 4.79 Å². The van der Waals surface area contributed by atoms with Gasteiger partial charge in [0.2, 0.25) is 0 Å². The fourth-order valence-electron chi connectivity index (χ4n) is 2.47. The van der Waals surface area contributed by atoms with E-state index in [4.69, 9.17) is 10.5 Å². The second-order valence-electron chi connectivity index (χ2n) is 5.90. The average Bonchev–Trinajstić information content (AvgIpc) is 2.70. The first kappa shape index (κ1) is 18.7. The van der Waals surface area contributed by atoms with Crippen molar-refractivity contribution >= 4 is 23.6 Å². The first-order valence-electron chi connectivity index (χ1n) is 8.47. The summed E-state index contributed by atoms with van der Waals surface area (Å²) in [5.74, 6) is -0.758. The number of amides is 1. The van der Waals surface area contributed by atoms with Crippen LogP contribution in [0.1, 0.15) is 15.9 Å². The molecule has 0 bridgehead atoms. The molecule has 0 fully saturated rings. The Labute approximate surface area is 161 Å². The van der Waals surface area contributed by atoms with Crippen LogP contribution < -0.4 is 15.8 Å². The maximum atomic E-state index is 12.2. The van der Waals surface area contributed by atoms with E-state index in [2.05, 4.69) is 5.32 Å². The summed E-state index contributed by atoms with van der Waals surface area (Å²) >= 11 is 0. The van der Waals surface area contributed by atoms with E-state index in [1.807, 2.05) is 0 Å². The molecule has 0 radical (unpaired) electrons. The number of nitrogen functional groups attached to an aromatic ring is 1. The fourth-order valence-corrected chi connectivity index (χ4v) is 2.47. The van der Waals surface area contributed by atoms with E-state index >= 15 is 0 Å². The van der Waals surface area contributed by atoms with Crippen LogP contribution in [0.15, 0.2) is 84.6 Å². The van der Waals surface area contributed by atoms with Crippen LogP contribution in [0.3, 0.4) is 0 Å². The van der Waals surface area contributed by atoms with Crippen LogP contribution in [0.5, 0.6) is 11.5 Å². The number of nitrogens with two attached hydrogens (primary N) is 1. The topological polar surface area (TPSA) is 102 Å². The van der Waals surface area contributed by atoms with E-state index in [0.29, 0.717) is 28.3 Å². The molecule has 3 aromatic rings. The summed E-state index contributed by atoms with van der Waals surface area (Å²) in [4.78, 5) is 23.8. The minimum Gasteiger partial charge on any atom is -0.477 e. The normalized spacial score (nSPS) is 10.9. The molecule has 6 heteroatoms. The van der Waals surface area contributed by atoms with Gasteiger partial charge in [0.1, 0.15) is 17.2 Å². The molecule has 0 aromatic heterocycles. The zero-order valence-electron chi connectivity index (χ0n) is 14.8. The van der Waals surface area contributed by atoms with Gasteiger partial charge in [-0.25, -0.2) is 4.79 Å². The van der Waals surface area contributed by atoms with Crippen molar-refractivity contribution in [3.63, 3.8) is 0 Å². The van der Waals surface area contributed by atoms with Gasteiger partial charge in [0, 0.05) is 5.56 Å². The largest absolute Gasteiger partial charge is 0.477 e. The highest BCUT2D eigenvalue weighted by molar-refractivity contribution is 6.02. The van der Waals surface area contributed by atoms with E-state index in [1.54, 1.807) is 78.9 Å². The van der Waals surface area contributed by atoms with Crippen LogP contribution in [-0.2, 0) is 4.79 Å². The maximum Gasteiger partial charge on any atom is 0.352 e. The average molecular weight is 374 g/mol. The third-order valence-corrected chi connectivity index (χ3v) is 3.83. The molecule has 3 rings (SSSR count). The molecule has 0 saturated heterocycles. The van der Waals surface area contributed by atoms with Gasteiger partial charge in [0.15, 0.2) is 0 Å². The number of hydrogen-bond acceptors (Lipinski definition) is 4. The molecule has 4 N–H and O–H groups in total. The van der Waals surface area contributed by atoms with Crippen molar-refractivity contribution < 1.29 is 19.4 Å². The van der Waals surface area contributed by atoms with Crippen LogP contribution in [0, 0.1) is 0 Å². The van der Waals surface area contributed by atoms with E-state index in [1.165, 1.54) is 6.08 Å². The summed E-state index contributed by atoms with van der Waals surface area (Å²) < 4.78 is 5.75. The first-order valence-corrected chi connectivity index (χ1v) is 8.47. The minimum absolute atomic E-state index is 0.245. The monoisotopic (exact) mass is 374 g/mol. The van der Waals surface area contributed by atoms with E-state index in [0.717, 1.165) is 0 Å². The molecule has 0 aliphatic carbocycles. The Bertz CT molecular complexity index is 1030. The number of carboxylic acids is 1. The summed E-state index contributed by atoms with van der Waals surface area (Å²) in [5.41, 5.74) is 7.04. The van der Waals surface area contributed by atoms with Crippen LogP contribution >= 0.6 is 0 Å². The summed E-state index contributed by atoms with van der Waals surface area (Å²) in [5, 5.41) is 11.9. The van der Waals surface area contributed by atoms with E-state index in [-0.39, 0.29) is 5.70 Å². The predicted octanol–water partition coefficient (Wildman–Crippen LogP) is 3.92. The molecule has 6 nitrogen and oxygen atoms in total. The Kier molecular flexibility index (Phi) is 5.72. The summed E-state index contributed by atoms with van der Waals surface area (Å²) in [7, 11) is 0. The van der Waals surface area contributed by atoms with Crippen LogP contribution in [0.25, 0.3) is 6.08 Å². The third-order valence-electron chi connectivity index (χ3n) is 3.83. The lowest BCUT2D eigenvalue weighted by Gasteiger charge is -2.09. The Morgan fingerprint density at radius 1 is 0.929 bits per heavy atom. The first-order chi connectivity index (χ1) is 13.5. The van der Waals surface area contributed by atoms with Gasteiger partial charge in [-0.05, 0) is 48.0 Å². The Morgan fingerprint density at radius 3 is 2.36 bits per heavy atom. The highest BCUT2D eigenvalue weighted by Gasteiger charge is 2.13. The second-order valence-corrected chi connectivity index (χ2v) is 5.90. The lowest BCUT2D eigenvalue weighted by atomic mass is 10.1. The number of aliphatic carboxylic acids is 1. The number of anilines is 1. The fraction of sp³-hybridized carbons (Fsp3) is 0. The minimum atomic E-state index is -1.25. The number of nitrogens with one attached hydrogen (secondary N) is 1. The molecule has 140 valence electrons. The molecule has 28 heavy (non-hydrogen) atoms. The highest BCUT2D eigenvalue weighted by Crippen LogP contribution is 2.27. The number of rotatable bonds is 6. The van der Waals surface area contributed by atoms with Gasteiger partial charge in [0.25, 0.3) is 5.91 Å². The van der Waals surface area contributed by atoms with Gasteiger partial charge in [-0.1, -0.05) is 42.5 Å². The molecule has 1 amide bonds. The van der Waals surface area contributed by atoms with Gasteiger partial charge >= 0.3 is 5.97 Å². The number of para-hydroxylation sites is 2. The number of carbonyl (C=O) groups is 2. The van der Waals surface area contributed by atoms with Gasteiger partial charge in [-0.2, -0.15) is 0 Å². The quantitative estimate of drug-likeness (QED) is 0.448. The number of hydrogen-bond donors (Lipinski definition) is 3. The predicted molar refractivity (Wildman–Crippen MR) is 107 cm³/mol. The Morgan fingerprint density at radius 2 is 1.64 bits per heavy atom. The number of benzene rings is 3. The van der Waals surface area contributed by atoms with Gasteiger partial charge in [0.05, 0.1) is 5.69 Å². The molecule has 0 unspecified atom stereocenters. The SMILES string of the molecule is Nc1ccccc1Oc1cccc(/C=C(/NC(=O)c2ccccc2)C(=O)O)c1. The van der Waals surface area contributed by atoms with Crippen molar-refractivity contribution in [2.45, 2.75) is 0 Å². The van der Waals surface area contributed by atoms with Crippen molar-refractivity contribution in [2.24, 2.45) is 0 Å². The molecule has 0 heterocycles. The molecule has 0 spiro atoms. The van der Waals surface area contributed by atoms with Crippen LogP contribution in [-0.4, -0.2) is 17.0 Å². The molecule has 0 saturated carbocycles. The molecule has 0 aliphatic rings. The van der Waals surface area contributed by atoms with E-state index in [9.17, 15) is 14.7 Å². The lowest BCUT2D eigenvalue weighted by molar-refractivity contribution is -0.132. The Balaban J connectivity index is 1.82. The summed E-state index contributed by atoms with van der Waals surface area (Å²) in [6.07, 6.45) is 1.37. The molecule has 0 atom stereocenters. The molecule has 3 aromatic carbocycles. The zero-order chi connectivity index (χ0) is 19.9. The highest BCUT2D eigenvalue weighted by atomic mass is 16.5. The molecular weight excluding hydrogens is 356 g/mol. The van der Waals surface area contributed by atoms with Crippen molar-refractivity contribution in [1.29, 1.82) is 0 Å². The lowest BCUT2D eigenvalue weighted by Crippen LogP contribution is -2.27. The maximum absolute atomic E-state index is 12.2. The van der Waals surface area contributed by atoms with Crippen molar-refractivity contribution in [3.8, 4) is 11.5 Å². The van der Waals surface area contributed by atoms with Gasteiger partial charge < -0.3 is 20.9 Å². The zero-order valence-corrected chi connectivity index (χ0v) is 14.8. The standard InChI is InChI=1S/C22H18N2O4/c23-18-11-4-5-12-20(18)28-17-10-6-7-15(13-17)14-19(22(26)27)24-21(25)16-8-2-1-3-9-16/h1-14H,23H2,(H,24,25)(H,26,27)/b19-14+.